The molecule has 0 aliphatic carbocycles. The SMILES string of the molecule is [CH2]c1ccc(OC(C)=O)c(OC(C)=O)c1. The third-order valence-corrected chi connectivity index (χ3v) is 1.52. The predicted molar refractivity (Wildman–Crippen MR) is 53.5 cm³/mol. The van der Waals surface area contributed by atoms with Crippen molar-refractivity contribution < 1.29 is 19.1 Å². The standard InChI is InChI=1S/C11H11O4/c1-7-4-5-10(14-8(2)12)11(6-7)15-9(3)13/h4-6H,1H2,2-3H3. The Bertz CT molecular complexity index is 396. The minimum Gasteiger partial charge on any atom is -0.423 e. The molecule has 1 aromatic rings. The van der Waals surface area contributed by atoms with Crippen molar-refractivity contribution >= 4 is 11.9 Å². The van der Waals surface area contributed by atoms with E-state index in [2.05, 4.69) is 6.92 Å². The number of hydrogen-bond acceptors (Lipinski definition) is 4. The van der Waals surface area contributed by atoms with Crippen LogP contribution >= 0.6 is 0 Å². The van der Waals surface area contributed by atoms with Crippen molar-refractivity contribution in [1.29, 1.82) is 0 Å². The fourth-order valence-corrected chi connectivity index (χ4v) is 1.03. The second-order valence-corrected chi connectivity index (χ2v) is 2.97. The van der Waals surface area contributed by atoms with Gasteiger partial charge in [-0.2, -0.15) is 0 Å². The summed E-state index contributed by atoms with van der Waals surface area (Å²) in [5.41, 5.74) is 0.669. The number of hydrogen-bond donors (Lipinski definition) is 0. The Morgan fingerprint density at radius 3 is 2.13 bits per heavy atom. The topological polar surface area (TPSA) is 52.6 Å². The van der Waals surface area contributed by atoms with Crippen molar-refractivity contribution in [2.45, 2.75) is 13.8 Å². The van der Waals surface area contributed by atoms with Gasteiger partial charge in [0.25, 0.3) is 0 Å². The quantitative estimate of drug-likeness (QED) is 0.547. The van der Waals surface area contributed by atoms with Crippen LogP contribution in [0.25, 0.3) is 0 Å². The molecule has 0 aliphatic heterocycles. The molecule has 0 aromatic heterocycles. The number of benzene rings is 1. The molecule has 0 fully saturated rings. The lowest BCUT2D eigenvalue weighted by atomic mass is 10.2. The van der Waals surface area contributed by atoms with Crippen molar-refractivity contribution in [1.82, 2.24) is 0 Å². The average molecular weight is 207 g/mol. The maximum absolute atomic E-state index is 10.8. The van der Waals surface area contributed by atoms with Crippen molar-refractivity contribution in [3.05, 3.63) is 30.7 Å². The number of carbonyl (C=O) groups excluding carboxylic acids is 2. The maximum Gasteiger partial charge on any atom is 0.308 e. The van der Waals surface area contributed by atoms with Crippen LogP contribution in [-0.4, -0.2) is 11.9 Å². The minimum atomic E-state index is -0.478. The minimum absolute atomic E-state index is 0.199. The molecule has 0 atom stereocenters. The summed E-state index contributed by atoms with van der Waals surface area (Å²) in [6.07, 6.45) is 0. The molecule has 4 nitrogen and oxygen atoms in total. The maximum atomic E-state index is 10.8. The van der Waals surface area contributed by atoms with Gasteiger partial charge in [0.05, 0.1) is 0 Å². The van der Waals surface area contributed by atoms with Crippen LogP contribution in [0.2, 0.25) is 0 Å². The molecule has 0 heterocycles. The molecule has 0 N–H and O–H groups in total. The zero-order valence-electron chi connectivity index (χ0n) is 8.57. The van der Waals surface area contributed by atoms with E-state index in [1.54, 1.807) is 6.07 Å². The van der Waals surface area contributed by atoms with Crippen LogP contribution in [0.5, 0.6) is 11.5 Å². The summed E-state index contributed by atoms with van der Waals surface area (Å²) in [5, 5.41) is 0. The number of esters is 2. The second-order valence-electron chi connectivity index (χ2n) is 2.97. The van der Waals surface area contributed by atoms with E-state index in [9.17, 15) is 9.59 Å². The first-order valence-corrected chi connectivity index (χ1v) is 4.32. The van der Waals surface area contributed by atoms with Gasteiger partial charge in [-0.3, -0.25) is 9.59 Å². The lowest BCUT2D eigenvalue weighted by Gasteiger charge is -2.08. The smallest absolute Gasteiger partial charge is 0.308 e. The van der Waals surface area contributed by atoms with Crippen LogP contribution in [0.4, 0.5) is 0 Å². The molecule has 1 rings (SSSR count). The Balaban J connectivity index is 3.02. The van der Waals surface area contributed by atoms with Crippen molar-refractivity contribution in [3.63, 3.8) is 0 Å². The van der Waals surface area contributed by atoms with Crippen LogP contribution in [0.3, 0.4) is 0 Å². The highest BCUT2D eigenvalue weighted by Gasteiger charge is 2.09. The summed E-state index contributed by atoms with van der Waals surface area (Å²) in [5.74, 6) is -0.537. The summed E-state index contributed by atoms with van der Waals surface area (Å²) in [7, 11) is 0. The van der Waals surface area contributed by atoms with E-state index in [1.807, 2.05) is 0 Å². The van der Waals surface area contributed by atoms with E-state index in [0.717, 1.165) is 0 Å². The fraction of sp³-hybridized carbons (Fsp3) is 0.182. The molecule has 0 saturated heterocycles. The van der Waals surface area contributed by atoms with Gasteiger partial charge in [-0.1, -0.05) is 6.07 Å². The van der Waals surface area contributed by atoms with Crippen molar-refractivity contribution in [2.24, 2.45) is 0 Å². The highest BCUT2D eigenvalue weighted by molar-refractivity contribution is 5.73. The molecule has 0 unspecified atom stereocenters. The summed E-state index contributed by atoms with van der Waals surface area (Å²) >= 11 is 0. The lowest BCUT2D eigenvalue weighted by molar-refractivity contribution is -0.134. The number of rotatable bonds is 2. The summed E-state index contributed by atoms with van der Waals surface area (Å²) in [4.78, 5) is 21.5. The lowest BCUT2D eigenvalue weighted by Crippen LogP contribution is -2.07. The van der Waals surface area contributed by atoms with E-state index in [-0.39, 0.29) is 11.5 Å². The molecule has 0 spiro atoms. The van der Waals surface area contributed by atoms with Gasteiger partial charge in [0.2, 0.25) is 0 Å². The molecule has 1 radical (unpaired) electrons. The Kier molecular flexibility index (Phi) is 3.44. The Labute approximate surface area is 87.8 Å². The highest BCUT2D eigenvalue weighted by atomic mass is 16.6. The average Bonchev–Trinajstić information content (AvgIpc) is 2.08. The highest BCUT2D eigenvalue weighted by Crippen LogP contribution is 2.28. The van der Waals surface area contributed by atoms with Crippen LogP contribution in [0.1, 0.15) is 19.4 Å². The number of carbonyl (C=O) groups is 2. The van der Waals surface area contributed by atoms with Gasteiger partial charge in [-0.25, -0.2) is 0 Å². The molecule has 0 aliphatic rings. The molecule has 0 amide bonds. The molecule has 4 heteroatoms. The monoisotopic (exact) mass is 207 g/mol. The first-order chi connectivity index (χ1) is 6.99. The van der Waals surface area contributed by atoms with Crippen LogP contribution in [0, 0.1) is 6.92 Å². The van der Waals surface area contributed by atoms with Crippen LogP contribution in [-0.2, 0) is 9.59 Å². The van der Waals surface area contributed by atoms with Gasteiger partial charge in [0.15, 0.2) is 11.5 Å². The zero-order valence-corrected chi connectivity index (χ0v) is 8.57. The third kappa shape index (κ3) is 3.42. The number of ether oxygens (including phenoxy) is 2. The molecule has 1 aromatic carbocycles. The third-order valence-electron chi connectivity index (χ3n) is 1.52. The molecule has 0 saturated carbocycles. The van der Waals surface area contributed by atoms with Gasteiger partial charge >= 0.3 is 11.9 Å². The molecule has 79 valence electrons. The summed E-state index contributed by atoms with van der Waals surface area (Å²) in [6, 6.07) is 4.72. The fourth-order valence-electron chi connectivity index (χ4n) is 1.03. The van der Waals surface area contributed by atoms with Gasteiger partial charge in [0, 0.05) is 13.8 Å². The Morgan fingerprint density at radius 2 is 1.60 bits per heavy atom. The van der Waals surface area contributed by atoms with Gasteiger partial charge in [-0.05, 0) is 24.6 Å². The first-order valence-electron chi connectivity index (χ1n) is 4.32. The largest absolute Gasteiger partial charge is 0.423 e. The Morgan fingerprint density at radius 1 is 1.07 bits per heavy atom. The van der Waals surface area contributed by atoms with Crippen molar-refractivity contribution in [3.8, 4) is 11.5 Å². The van der Waals surface area contributed by atoms with Gasteiger partial charge < -0.3 is 9.47 Å². The summed E-state index contributed by atoms with van der Waals surface area (Å²) < 4.78 is 9.73. The molecular formula is C11H11O4. The first kappa shape index (κ1) is 11.2. The Hall–Kier alpha value is -1.84. The van der Waals surface area contributed by atoms with Crippen LogP contribution < -0.4 is 9.47 Å². The van der Waals surface area contributed by atoms with Gasteiger partial charge in [-0.15, -0.1) is 0 Å². The normalized spacial score (nSPS) is 9.53. The molecule has 15 heavy (non-hydrogen) atoms. The van der Waals surface area contributed by atoms with E-state index in [1.165, 1.54) is 26.0 Å². The van der Waals surface area contributed by atoms with Crippen LogP contribution in [0.15, 0.2) is 18.2 Å². The van der Waals surface area contributed by atoms with E-state index in [4.69, 9.17) is 9.47 Å². The second kappa shape index (κ2) is 4.59. The van der Waals surface area contributed by atoms with Gasteiger partial charge in [0.1, 0.15) is 0 Å². The van der Waals surface area contributed by atoms with Crippen molar-refractivity contribution in [2.75, 3.05) is 0 Å². The summed E-state index contributed by atoms with van der Waals surface area (Å²) in [6.45, 7) is 6.22. The molecular weight excluding hydrogens is 196 g/mol. The van der Waals surface area contributed by atoms with E-state index in [0.29, 0.717) is 5.56 Å². The zero-order chi connectivity index (χ0) is 11.4. The molecule has 0 bridgehead atoms. The predicted octanol–water partition coefficient (Wildman–Crippen LogP) is 1.72. The van der Waals surface area contributed by atoms with E-state index >= 15 is 0 Å². The van der Waals surface area contributed by atoms with E-state index < -0.39 is 11.9 Å².